The number of carbonyl (C=O) groups is 1. The highest BCUT2D eigenvalue weighted by atomic mass is 16.5. The Labute approximate surface area is 152 Å². The molecule has 0 spiro atoms. The van der Waals surface area contributed by atoms with Gasteiger partial charge in [-0.25, -0.2) is 9.97 Å². The van der Waals surface area contributed by atoms with E-state index in [2.05, 4.69) is 9.97 Å². The molecule has 1 aromatic heterocycles. The highest BCUT2D eigenvalue weighted by molar-refractivity contribution is 5.94. The molecule has 1 aliphatic rings. The largest absolute Gasteiger partial charge is 0.473 e. The van der Waals surface area contributed by atoms with E-state index in [0.29, 0.717) is 19.0 Å². The number of aromatic nitrogens is 2. The van der Waals surface area contributed by atoms with Gasteiger partial charge in [-0.15, -0.1) is 0 Å². The third-order valence-corrected chi connectivity index (χ3v) is 4.71. The first-order valence-electron chi connectivity index (χ1n) is 8.93. The van der Waals surface area contributed by atoms with E-state index in [1.807, 2.05) is 60.4 Å². The first kappa shape index (κ1) is 16.5. The Morgan fingerprint density at radius 3 is 2.62 bits per heavy atom. The van der Waals surface area contributed by atoms with E-state index in [-0.39, 0.29) is 12.0 Å². The predicted octanol–water partition coefficient (Wildman–Crippen LogP) is 3.62. The van der Waals surface area contributed by atoms with Gasteiger partial charge in [0.25, 0.3) is 5.91 Å². The van der Waals surface area contributed by atoms with E-state index in [4.69, 9.17) is 4.74 Å². The molecule has 1 aliphatic heterocycles. The number of benzene rings is 2. The van der Waals surface area contributed by atoms with Crippen LogP contribution in [0.25, 0.3) is 11.0 Å². The number of nitrogens with zero attached hydrogens (tertiary/aromatic N) is 3. The number of para-hydroxylation sites is 2. The molecule has 0 bridgehead atoms. The summed E-state index contributed by atoms with van der Waals surface area (Å²) in [5.74, 6) is 0.643. The Hall–Kier alpha value is -2.95. The second-order valence-corrected chi connectivity index (χ2v) is 6.68. The SMILES string of the molecule is Cc1cccc(C(=O)N2CCC(Oc3cnc4ccccc4n3)CC2)c1. The van der Waals surface area contributed by atoms with Gasteiger partial charge in [0.05, 0.1) is 17.2 Å². The summed E-state index contributed by atoms with van der Waals surface area (Å²) < 4.78 is 6.00. The van der Waals surface area contributed by atoms with Gasteiger partial charge in [0, 0.05) is 31.5 Å². The van der Waals surface area contributed by atoms with Crippen LogP contribution in [0.3, 0.4) is 0 Å². The molecule has 0 N–H and O–H groups in total. The van der Waals surface area contributed by atoms with Gasteiger partial charge >= 0.3 is 0 Å². The van der Waals surface area contributed by atoms with Crippen LogP contribution in [0.15, 0.2) is 54.7 Å². The molecule has 0 unspecified atom stereocenters. The highest BCUT2D eigenvalue weighted by Gasteiger charge is 2.25. The monoisotopic (exact) mass is 347 g/mol. The maximum atomic E-state index is 12.6. The van der Waals surface area contributed by atoms with Crippen molar-refractivity contribution in [2.24, 2.45) is 0 Å². The zero-order valence-corrected chi connectivity index (χ0v) is 14.8. The highest BCUT2D eigenvalue weighted by Crippen LogP contribution is 2.20. The zero-order valence-electron chi connectivity index (χ0n) is 14.8. The van der Waals surface area contributed by atoms with Gasteiger partial charge in [0.15, 0.2) is 0 Å². The Morgan fingerprint density at radius 2 is 1.85 bits per heavy atom. The summed E-state index contributed by atoms with van der Waals surface area (Å²) in [7, 11) is 0. The van der Waals surface area contributed by atoms with Crippen molar-refractivity contribution in [3.63, 3.8) is 0 Å². The molecular formula is C21H21N3O2. The van der Waals surface area contributed by atoms with Crippen molar-refractivity contribution in [1.29, 1.82) is 0 Å². The number of likely N-dealkylation sites (tertiary alicyclic amines) is 1. The first-order chi connectivity index (χ1) is 12.7. The van der Waals surface area contributed by atoms with Crippen molar-refractivity contribution >= 4 is 16.9 Å². The Bertz CT molecular complexity index is 933. The quantitative estimate of drug-likeness (QED) is 0.726. The van der Waals surface area contributed by atoms with Crippen molar-refractivity contribution in [1.82, 2.24) is 14.9 Å². The molecule has 3 aromatic rings. The molecule has 5 nitrogen and oxygen atoms in total. The van der Waals surface area contributed by atoms with E-state index >= 15 is 0 Å². The average Bonchev–Trinajstić information content (AvgIpc) is 2.68. The van der Waals surface area contributed by atoms with Crippen LogP contribution in [0, 0.1) is 6.92 Å². The van der Waals surface area contributed by atoms with Gasteiger partial charge < -0.3 is 9.64 Å². The third kappa shape index (κ3) is 3.52. The van der Waals surface area contributed by atoms with E-state index in [9.17, 15) is 4.79 Å². The third-order valence-electron chi connectivity index (χ3n) is 4.71. The molecule has 0 aliphatic carbocycles. The lowest BCUT2D eigenvalue weighted by molar-refractivity contribution is 0.0588. The Balaban J connectivity index is 1.37. The van der Waals surface area contributed by atoms with E-state index < -0.39 is 0 Å². The predicted molar refractivity (Wildman–Crippen MR) is 100 cm³/mol. The lowest BCUT2D eigenvalue weighted by atomic mass is 10.1. The van der Waals surface area contributed by atoms with Gasteiger partial charge in [-0.05, 0) is 31.2 Å². The standard InChI is InChI=1S/C21H21N3O2/c1-15-5-4-6-16(13-15)21(25)24-11-9-17(10-12-24)26-20-14-22-18-7-2-3-8-19(18)23-20/h2-8,13-14,17H,9-12H2,1H3. The molecule has 2 heterocycles. The van der Waals surface area contributed by atoms with Gasteiger partial charge in [-0.3, -0.25) is 4.79 Å². The summed E-state index contributed by atoms with van der Waals surface area (Å²) in [5.41, 5.74) is 3.55. The fourth-order valence-corrected chi connectivity index (χ4v) is 3.31. The molecule has 2 aromatic carbocycles. The number of piperidine rings is 1. The number of aryl methyl sites for hydroxylation is 1. The van der Waals surface area contributed by atoms with Crippen LogP contribution in [-0.4, -0.2) is 40.0 Å². The van der Waals surface area contributed by atoms with Crippen LogP contribution in [0.1, 0.15) is 28.8 Å². The number of carbonyl (C=O) groups excluding carboxylic acids is 1. The first-order valence-corrected chi connectivity index (χ1v) is 8.93. The maximum absolute atomic E-state index is 12.6. The molecule has 26 heavy (non-hydrogen) atoms. The van der Waals surface area contributed by atoms with Crippen LogP contribution < -0.4 is 4.74 Å². The number of ether oxygens (including phenoxy) is 1. The molecule has 5 heteroatoms. The average molecular weight is 347 g/mol. The molecular weight excluding hydrogens is 326 g/mol. The summed E-state index contributed by atoms with van der Waals surface area (Å²) in [5, 5.41) is 0. The molecule has 1 fully saturated rings. The van der Waals surface area contributed by atoms with Crippen molar-refractivity contribution in [2.75, 3.05) is 13.1 Å². The summed E-state index contributed by atoms with van der Waals surface area (Å²) >= 11 is 0. The maximum Gasteiger partial charge on any atom is 0.253 e. The van der Waals surface area contributed by atoms with Crippen molar-refractivity contribution in [3.8, 4) is 5.88 Å². The molecule has 0 radical (unpaired) electrons. The minimum atomic E-state index is 0.0621. The Kier molecular flexibility index (Phi) is 4.52. The summed E-state index contributed by atoms with van der Waals surface area (Å²) in [6, 6.07) is 15.5. The summed E-state index contributed by atoms with van der Waals surface area (Å²) in [6.45, 7) is 3.39. The fourth-order valence-electron chi connectivity index (χ4n) is 3.31. The minimum absolute atomic E-state index is 0.0621. The van der Waals surface area contributed by atoms with Crippen LogP contribution in [0.2, 0.25) is 0 Å². The van der Waals surface area contributed by atoms with Gasteiger partial charge in [-0.2, -0.15) is 0 Å². The van der Waals surface area contributed by atoms with Crippen molar-refractivity contribution in [2.45, 2.75) is 25.9 Å². The molecule has 1 amide bonds. The van der Waals surface area contributed by atoms with E-state index in [0.717, 1.165) is 35.0 Å². The van der Waals surface area contributed by atoms with Crippen molar-refractivity contribution in [3.05, 3.63) is 65.9 Å². The topological polar surface area (TPSA) is 55.3 Å². The summed E-state index contributed by atoms with van der Waals surface area (Å²) in [4.78, 5) is 23.4. The number of rotatable bonds is 3. The molecule has 4 rings (SSSR count). The smallest absolute Gasteiger partial charge is 0.253 e. The molecule has 0 saturated carbocycles. The van der Waals surface area contributed by atoms with Gasteiger partial charge in [0.2, 0.25) is 5.88 Å². The van der Waals surface area contributed by atoms with Crippen LogP contribution in [0.4, 0.5) is 0 Å². The fraction of sp³-hybridized carbons (Fsp3) is 0.286. The van der Waals surface area contributed by atoms with Crippen LogP contribution >= 0.6 is 0 Å². The molecule has 132 valence electrons. The lowest BCUT2D eigenvalue weighted by Gasteiger charge is -2.32. The zero-order chi connectivity index (χ0) is 17.9. The number of fused-ring (bicyclic) bond motifs is 1. The Morgan fingerprint density at radius 1 is 1.08 bits per heavy atom. The van der Waals surface area contributed by atoms with E-state index in [1.54, 1.807) is 6.20 Å². The van der Waals surface area contributed by atoms with Crippen LogP contribution in [0.5, 0.6) is 5.88 Å². The lowest BCUT2D eigenvalue weighted by Crippen LogP contribution is -2.41. The van der Waals surface area contributed by atoms with Crippen molar-refractivity contribution < 1.29 is 9.53 Å². The van der Waals surface area contributed by atoms with Gasteiger partial charge in [-0.1, -0.05) is 29.8 Å². The summed E-state index contributed by atoms with van der Waals surface area (Å²) in [6.07, 6.45) is 3.33. The number of amides is 1. The van der Waals surface area contributed by atoms with Gasteiger partial charge in [0.1, 0.15) is 6.10 Å². The number of hydrogen-bond acceptors (Lipinski definition) is 4. The van der Waals surface area contributed by atoms with E-state index in [1.165, 1.54) is 0 Å². The van der Waals surface area contributed by atoms with Crippen LogP contribution in [-0.2, 0) is 0 Å². The minimum Gasteiger partial charge on any atom is -0.473 e. The second-order valence-electron chi connectivity index (χ2n) is 6.68. The second kappa shape index (κ2) is 7.12. The number of hydrogen-bond donors (Lipinski definition) is 0. The molecule has 1 saturated heterocycles. The molecule has 0 atom stereocenters. The normalized spacial score (nSPS) is 15.2.